The number of alkyl halides is 1. The van der Waals surface area contributed by atoms with Crippen molar-refractivity contribution in [1.82, 2.24) is 0 Å². The van der Waals surface area contributed by atoms with Crippen LogP contribution >= 0.6 is 11.6 Å². The first-order chi connectivity index (χ1) is 12.3. The third kappa shape index (κ3) is 2.09. The molecule has 120 valence electrons. The molecule has 2 heteroatoms. The molecule has 0 atom stereocenters. The lowest BCUT2D eigenvalue weighted by Crippen LogP contribution is -1.87. The highest BCUT2D eigenvalue weighted by Gasteiger charge is 2.10. The Morgan fingerprint density at radius 1 is 0.640 bits per heavy atom. The second-order valence-electron chi connectivity index (χ2n) is 6.44. The van der Waals surface area contributed by atoms with Crippen LogP contribution in [0.25, 0.3) is 43.1 Å². The summed E-state index contributed by atoms with van der Waals surface area (Å²) >= 11 is 6.16. The van der Waals surface area contributed by atoms with Gasteiger partial charge in [0.1, 0.15) is 5.75 Å². The highest BCUT2D eigenvalue weighted by Crippen LogP contribution is 2.37. The normalized spacial score (nSPS) is 11.7. The van der Waals surface area contributed by atoms with E-state index in [0.717, 1.165) is 16.3 Å². The number of hydrogen-bond acceptors (Lipinski definition) is 1. The first-order valence-corrected chi connectivity index (χ1v) is 8.84. The summed E-state index contributed by atoms with van der Waals surface area (Å²) in [5.74, 6) is 0.633. The van der Waals surface area contributed by atoms with Crippen molar-refractivity contribution in [1.29, 1.82) is 0 Å². The maximum absolute atomic E-state index is 9.95. The zero-order valence-corrected chi connectivity index (χ0v) is 14.2. The molecule has 0 amide bonds. The Morgan fingerprint density at radius 3 is 2.12 bits per heavy atom. The van der Waals surface area contributed by atoms with Gasteiger partial charge in [-0.25, -0.2) is 0 Å². The van der Waals surface area contributed by atoms with E-state index in [1.807, 2.05) is 0 Å². The summed E-state index contributed by atoms with van der Waals surface area (Å²) in [6.07, 6.45) is 0. The van der Waals surface area contributed by atoms with Crippen LogP contribution in [-0.2, 0) is 5.88 Å². The third-order valence-corrected chi connectivity index (χ3v) is 5.33. The molecule has 5 aromatic carbocycles. The summed E-state index contributed by atoms with van der Waals surface area (Å²) in [5, 5.41) is 19.5. The van der Waals surface area contributed by atoms with E-state index >= 15 is 0 Å². The highest BCUT2D eigenvalue weighted by atomic mass is 35.5. The lowest BCUT2D eigenvalue weighted by molar-refractivity contribution is 0.476. The number of hydrogen-bond donors (Lipinski definition) is 1. The lowest BCUT2D eigenvalue weighted by atomic mass is 9.92. The Labute approximate surface area is 150 Å². The van der Waals surface area contributed by atoms with E-state index in [1.165, 1.54) is 32.3 Å². The molecule has 0 heterocycles. The molecule has 0 aliphatic heterocycles. The molecular weight excluding hydrogens is 328 g/mol. The van der Waals surface area contributed by atoms with Crippen LogP contribution in [0.3, 0.4) is 0 Å². The van der Waals surface area contributed by atoms with Crippen LogP contribution in [0.2, 0.25) is 0 Å². The smallest absolute Gasteiger partial charge is 0.116 e. The van der Waals surface area contributed by atoms with Gasteiger partial charge in [-0.3, -0.25) is 0 Å². The Kier molecular flexibility index (Phi) is 3.13. The van der Waals surface area contributed by atoms with Crippen LogP contribution in [0.5, 0.6) is 5.75 Å². The molecule has 0 fully saturated rings. The zero-order valence-electron chi connectivity index (χ0n) is 13.5. The van der Waals surface area contributed by atoms with Crippen molar-refractivity contribution in [2.75, 3.05) is 0 Å². The summed E-state index contributed by atoms with van der Waals surface area (Å²) < 4.78 is 0. The fraction of sp³-hybridized carbons (Fsp3) is 0.0435. The van der Waals surface area contributed by atoms with Crippen molar-refractivity contribution in [2.24, 2.45) is 0 Å². The Hall–Kier alpha value is -2.77. The molecule has 1 nitrogen and oxygen atoms in total. The minimum Gasteiger partial charge on any atom is -0.508 e. The average Bonchev–Trinajstić information content (AvgIpc) is 2.66. The van der Waals surface area contributed by atoms with Gasteiger partial charge < -0.3 is 5.11 Å². The molecule has 0 aliphatic rings. The van der Waals surface area contributed by atoms with Crippen molar-refractivity contribution in [3.05, 3.63) is 78.4 Å². The van der Waals surface area contributed by atoms with Gasteiger partial charge in [-0.15, -0.1) is 11.6 Å². The number of fused-ring (bicyclic) bond motifs is 7. The number of benzene rings is 5. The predicted octanol–water partition coefficient (Wildman–Crippen LogP) is 6.74. The van der Waals surface area contributed by atoms with E-state index in [4.69, 9.17) is 11.6 Å². The fourth-order valence-electron chi connectivity index (χ4n) is 3.96. The van der Waals surface area contributed by atoms with Gasteiger partial charge in [0.15, 0.2) is 0 Å². The molecule has 0 saturated heterocycles. The summed E-state index contributed by atoms with van der Waals surface area (Å²) in [6, 6.07) is 25.0. The summed E-state index contributed by atoms with van der Waals surface area (Å²) in [6.45, 7) is 0. The Morgan fingerprint density at radius 2 is 1.28 bits per heavy atom. The van der Waals surface area contributed by atoms with E-state index in [2.05, 4.69) is 60.7 Å². The number of aromatic hydroxyl groups is 1. The van der Waals surface area contributed by atoms with E-state index in [9.17, 15) is 5.11 Å². The van der Waals surface area contributed by atoms with Crippen LogP contribution in [0.1, 0.15) is 5.56 Å². The van der Waals surface area contributed by atoms with E-state index in [0.29, 0.717) is 5.88 Å². The summed E-state index contributed by atoms with van der Waals surface area (Å²) in [5.41, 5.74) is 0.961. The lowest BCUT2D eigenvalue weighted by Gasteiger charge is -2.12. The molecule has 0 aromatic heterocycles. The van der Waals surface area contributed by atoms with Crippen LogP contribution in [0.4, 0.5) is 0 Å². The third-order valence-electron chi connectivity index (χ3n) is 5.05. The standard InChI is InChI=1S/C23H15ClO/c24-13-16-12-17(25)11-15-6-8-21-20-7-5-14-3-1-2-4-18(14)19(20)9-10-22(21)23(15)16/h1-12,25H,13H2. The first-order valence-electron chi connectivity index (χ1n) is 8.31. The summed E-state index contributed by atoms with van der Waals surface area (Å²) in [7, 11) is 0. The minimum atomic E-state index is 0.259. The highest BCUT2D eigenvalue weighted by molar-refractivity contribution is 6.24. The Balaban J connectivity index is 2.00. The molecule has 25 heavy (non-hydrogen) atoms. The van der Waals surface area contributed by atoms with Crippen LogP contribution < -0.4 is 0 Å². The monoisotopic (exact) mass is 342 g/mol. The fourth-order valence-corrected chi connectivity index (χ4v) is 4.17. The van der Waals surface area contributed by atoms with Crippen molar-refractivity contribution >= 4 is 54.7 Å². The summed E-state index contributed by atoms with van der Waals surface area (Å²) in [4.78, 5) is 0. The SMILES string of the molecule is Oc1cc(CCl)c2c(ccc3c4ccc5ccccc5c4ccc32)c1. The maximum atomic E-state index is 9.95. The molecule has 0 radical (unpaired) electrons. The molecule has 0 aliphatic carbocycles. The van der Waals surface area contributed by atoms with Gasteiger partial charge in [0.2, 0.25) is 0 Å². The van der Waals surface area contributed by atoms with Gasteiger partial charge in [0.05, 0.1) is 0 Å². The number of phenols is 1. The molecule has 1 N–H and O–H groups in total. The first kappa shape index (κ1) is 14.6. The van der Waals surface area contributed by atoms with Crippen LogP contribution in [0, 0.1) is 0 Å². The quantitative estimate of drug-likeness (QED) is 0.264. The number of phenolic OH excluding ortho intramolecular Hbond substituents is 1. The van der Waals surface area contributed by atoms with Gasteiger partial charge in [0, 0.05) is 5.88 Å². The predicted molar refractivity (Wildman–Crippen MR) is 108 cm³/mol. The second-order valence-corrected chi connectivity index (χ2v) is 6.71. The van der Waals surface area contributed by atoms with Crippen molar-refractivity contribution in [3.63, 3.8) is 0 Å². The number of rotatable bonds is 1. The molecule has 5 aromatic rings. The zero-order chi connectivity index (χ0) is 17.0. The molecule has 0 saturated carbocycles. The second kappa shape index (κ2) is 5.37. The van der Waals surface area contributed by atoms with Crippen LogP contribution in [-0.4, -0.2) is 5.11 Å². The molecule has 0 bridgehead atoms. The largest absolute Gasteiger partial charge is 0.508 e. The van der Waals surface area contributed by atoms with E-state index < -0.39 is 0 Å². The van der Waals surface area contributed by atoms with Gasteiger partial charge >= 0.3 is 0 Å². The molecular formula is C23H15ClO. The van der Waals surface area contributed by atoms with Gasteiger partial charge in [-0.05, 0) is 60.8 Å². The van der Waals surface area contributed by atoms with Gasteiger partial charge in [-0.1, -0.05) is 60.7 Å². The molecule has 0 unspecified atom stereocenters. The average molecular weight is 343 g/mol. The molecule has 0 spiro atoms. The minimum absolute atomic E-state index is 0.259. The number of halogens is 1. The Bertz CT molecular complexity index is 1290. The topological polar surface area (TPSA) is 20.2 Å². The van der Waals surface area contributed by atoms with Crippen molar-refractivity contribution in [3.8, 4) is 5.75 Å². The maximum Gasteiger partial charge on any atom is 0.116 e. The van der Waals surface area contributed by atoms with E-state index in [-0.39, 0.29) is 5.75 Å². The van der Waals surface area contributed by atoms with Crippen molar-refractivity contribution < 1.29 is 5.11 Å². The van der Waals surface area contributed by atoms with Gasteiger partial charge in [-0.2, -0.15) is 0 Å². The van der Waals surface area contributed by atoms with Crippen molar-refractivity contribution in [2.45, 2.75) is 5.88 Å². The van der Waals surface area contributed by atoms with E-state index in [1.54, 1.807) is 12.1 Å². The molecule has 5 rings (SSSR count). The van der Waals surface area contributed by atoms with Crippen LogP contribution in [0.15, 0.2) is 72.8 Å². The van der Waals surface area contributed by atoms with Gasteiger partial charge in [0.25, 0.3) is 0 Å².